The van der Waals surface area contributed by atoms with Gasteiger partial charge in [0.05, 0.1) is 0 Å². The molecule has 0 atom stereocenters. The van der Waals surface area contributed by atoms with Crippen molar-refractivity contribution >= 4 is 23.1 Å². The van der Waals surface area contributed by atoms with Crippen molar-refractivity contribution in [1.82, 2.24) is 0 Å². The summed E-state index contributed by atoms with van der Waals surface area (Å²) in [5, 5.41) is 14.2. The van der Waals surface area contributed by atoms with E-state index in [1.54, 1.807) is 0 Å². The Labute approximate surface area is 51.6 Å². The number of hydrogen-bond acceptors (Lipinski definition) is 4. The quantitative estimate of drug-likeness (QED) is 0.281. The number of hydrogen-bond donors (Lipinski definition) is 2. The molecule has 4 nitrogen and oxygen atoms in total. The number of aliphatic hydroxyl groups is 2. The van der Waals surface area contributed by atoms with Gasteiger partial charge in [0, 0.05) is 0 Å². The molecular weight excluding hydrogens is 100 g/mol. The molecule has 5 heteroatoms. The molecule has 0 aromatic carbocycles. The molecule has 0 unspecified atom stereocenters. The third kappa shape index (κ3) is 163. The van der Waals surface area contributed by atoms with Gasteiger partial charge in [-0.15, -0.1) is 0 Å². The average molecular weight is 106 g/mol. The molecule has 0 heterocycles. The van der Waals surface area contributed by atoms with Crippen molar-refractivity contribution in [3.05, 3.63) is 0 Å². The summed E-state index contributed by atoms with van der Waals surface area (Å²) < 4.78 is 0. The van der Waals surface area contributed by atoms with E-state index in [0.29, 0.717) is 0 Å². The second kappa shape index (κ2) is 46.1. The summed E-state index contributed by atoms with van der Waals surface area (Å²) in [5.74, 6) is 0. The van der Waals surface area contributed by atoms with Gasteiger partial charge in [0.1, 0.15) is 6.79 Å². The van der Waals surface area contributed by atoms with Crippen LogP contribution in [-0.4, -0.2) is 51.0 Å². The second-order valence-electron chi connectivity index (χ2n) is 0.141. The van der Waals surface area contributed by atoms with Crippen molar-refractivity contribution in [2.24, 2.45) is 0 Å². The van der Waals surface area contributed by atoms with Gasteiger partial charge in [0.15, 0.2) is 0 Å². The molecule has 6 heavy (non-hydrogen) atoms. The van der Waals surface area contributed by atoms with E-state index in [-0.39, 0.29) is 34.0 Å². The zero-order valence-corrected chi connectivity index (χ0v) is 4.62. The van der Waals surface area contributed by atoms with E-state index in [1.807, 2.05) is 0 Å². The molecule has 0 saturated heterocycles. The molecule has 4 N–H and O–H groups in total. The van der Waals surface area contributed by atoms with Crippen LogP contribution in [0, 0.1) is 0 Å². The van der Waals surface area contributed by atoms with Crippen LogP contribution in [0.25, 0.3) is 0 Å². The molecule has 0 rings (SSSR count). The molecule has 0 aliphatic rings. The molecule has 0 saturated carbocycles. The van der Waals surface area contributed by atoms with E-state index in [0.717, 1.165) is 0 Å². The zero-order valence-electron chi connectivity index (χ0n) is 3.20. The predicted octanol–water partition coefficient (Wildman–Crippen LogP) is -1.81. The maximum Gasteiger partial charge on any atom is 2.00 e. The summed E-state index contributed by atoms with van der Waals surface area (Å²) in [6, 6.07) is 0. The van der Waals surface area contributed by atoms with Gasteiger partial charge >= 0.3 is 23.1 Å². The van der Waals surface area contributed by atoms with Crippen molar-refractivity contribution in [3.63, 3.8) is 0 Å². The molecule has 0 spiro atoms. The fourth-order valence-electron chi connectivity index (χ4n) is 0. The van der Waals surface area contributed by atoms with Gasteiger partial charge in [-0.25, -0.2) is 0 Å². The average Bonchev–Trinajstić information content (AvgIpc) is 0.918. The normalized spacial score (nSPS) is 3.00. The van der Waals surface area contributed by atoms with Crippen LogP contribution >= 0.6 is 0 Å². The van der Waals surface area contributed by atoms with Gasteiger partial charge in [-0.1, -0.05) is 0 Å². The molecule has 0 amide bonds. The van der Waals surface area contributed by atoms with E-state index < -0.39 is 6.79 Å². The van der Waals surface area contributed by atoms with Gasteiger partial charge in [-0.3, -0.25) is 0 Å². The Morgan fingerprint density at radius 3 is 1.00 bits per heavy atom. The van der Waals surface area contributed by atoms with E-state index >= 15 is 0 Å². The van der Waals surface area contributed by atoms with Crippen LogP contribution in [0.3, 0.4) is 0 Å². The third-order valence-electron chi connectivity index (χ3n) is 0. The van der Waals surface area contributed by atoms with Crippen molar-refractivity contribution in [2.45, 2.75) is 0 Å². The molecule has 0 aliphatic carbocycles. The Morgan fingerprint density at radius 2 is 1.00 bits per heavy atom. The van der Waals surface area contributed by atoms with Gasteiger partial charge in [-0.05, 0) is 0 Å². The van der Waals surface area contributed by atoms with Crippen molar-refractivity contribution in [2.75, 3.05) is 6.79 Å². The minimum atomic E-state index is -0.750. The maximum atomic E-state index is 7.12. The minimum absolute atomic E-state index is 0. The first kappa shape index (κ1) is 30.6. The Bertz CT molecular complexity index is 7.51. The summed E-state index contributed by atoms with van der Waals surface area (Å²) in [6.07, 6.45) is 0. The maximum absolute atomic E-state index is 7.12. The standard InChI is InChI=1S/CH4O2.Mg.2H2O/c2-1-3;;;/h2-3H,1H2;;2*1H2/q;+2;;/p-2. The van der Waals surface area contributed by atoms with E-state index in [4.69, 9.17) is 10.2 Å². The van der Waals surface area contributed by atoms with Gasteiger partial charge in [0.2, 0.25) is 0 Å². The van der Waals surface area contributed by atoms with E-state index in [2.05, 4.69) is 0 Å². The van der Waals surface area contributed by atoms with Crippen molar-refractivity contribution in [3.8, 4) is 0 Å². The van der Waals surface area contributed by atoms with Gasteiger partial charge in [0.25, 0.3) is 0 Å². The molecule has 0 radical (unpaired) electrons. The summed E-state index contributed by atoms with van der Waals surface area (Å²) >= 11 is 0. The largest absolute Gasteiger partial charge is 2.00 e. The fourth-order valence-corrected chi connectivity index (χ4v) is 0. The summed E-state index contributed by atoms with van der Waals surface area (Å²) in [7, 11) is 0. The third-order valence-corrected chi connectivity index (χ3v) is 0. The first-order valence-electron chi connectivity index (χ1n) is 0.632. The van der Waals surface area contributed by atoms with Crippen LogP contribution in [-0.2, 0) is 0 Å². The predicted molar refractivity (Wildman–Crippen MR) is 18.9 cm³/mol. The van der Waals surface area contributed by atoms with E-state index in [1.165, 1.54) is 0 Å². The molecule has 0 aromatic heterocycles. The Balaban J connectivity index is -0.00000000667. The number of aliphatic hydroxyl groups excluding tert-OH is 1. The fraction of sp³-hybridized carbons (Fsp3) is 1.00. The summed E-state index contributed by atoms with van der Waals surface area (Å²) in [6.45, 7) is -0.750. The molecule has 0 bridgehead atoms. The zero-order chi connectivity index (χ0) is 2.71. The minimum Gasteiger partial charge on any atom is -0.870 e. The van der Waals surface area contributed by atoms with Crippen LogP contribution < -0.4 is 0 Å². The molecule has 0 aliphatic heterocycles. The van der Waals surface area contributed by atoms with Crippen molar-refractivity contribution < 1.29 is 21.2 Å². The Morgan fingerprint density at radius 1 is 1.00 bits per heavy atom. The SMILES string of the molecule is OCO.[Mg+2].[OH-].[OH-]. The van der Waals surface area contributed by atoms with Crippen molar-refractivity contribution in [1.29, 1.82) is 0 Å². The monoisotopic (exact) mass is 106 g/mol. The van der Waals surface area contributed by atoms with Gasteiger partial charge in [-0.2, -0.15) is 0 Å². The topological polar surface area (TPSA) is 100 Å². The molecule has 36 valence electrons. The van der Waals surface area contributed by atoms with E-state index in [9.17, 15) is 0 Å². The van der Waals surface area contributed by atoms with Crippen LogP contribution in [0.15, 0.2) is 0 Å². The van der Waals surface area contributed by atoms with Gasteiger partial charge < -0.3 is 21.2 Å². The molecule has 0 aromatic rings. The van der Waals surface area contributed by atoms with Crippen LogP contribution in [0.1, 0.15) is 0 Å². The summed E-state index contributed by atoms with van der Waals surface area (Å²) in [4.78, 5) is 0. The smallest absolute Gasteiger partial charge is 0.870 e. The van der Waals surface area contributed by atoms with Crippen LogP contribution in [0.2, 0.25) is 0 Å². The first-order valence-corrected chi connectivity index (χ1v) is 0.632. The Kier molecular flexibility index (Phi) is 235. The van der Waals surface area contributed by atoms with Crippen LogP contribution in [0.4, 0.5) is 0 Å². The number of rotatable bonds is 0. The molecule has 0 fully saturated rings. The molecular formula is CH6MgO4. The second-order valence-corrected chi connectivity index (χ2v) is 0.141. The van der Waals surface area contributed by atoms with Crippen LogP contribution in [0.5, 0.6) is 0 Å². The summed E-state index contributed by atoms with van der Waals surface area (Å²) in [5.41, 5.74) is 0. The first-order chi connectivity index (χ1) is 1.41. The Hall–Kier alpha value is 0.606.